The zero-order valence-electron chi connectivity index (χ0n) is 6.75. The number of carbonyl (C=O) groups excluding carboxylic acids is 1. The third-order valence-corrected chi connectivity index (χ3v) is 2.18. The van der Waals surface area contributed by atoms with Crippen LogP contribution in [-0.4, -0.2) is 19.6 Å². The number of hydrogen-bond donors (Lipinski definition) is 0. The fourth-order valence-corrected chi connectivity index (χ4v) is 1.49. The lowest BCUT2D eigenvalue weighted by molar-refractivity contribution is 0.112. The van der Waals surface area contributed by atoms with E-state index in [-0.39, 0.29) is 0 Å². The van der Waals surface area contributed by atoms with E-state index in [4.69, 9.17) is 0 Å². The van der Waals surface area contributed by atoms with E-state index in [0.717, 1.165) is 12.0 Å². The summed E-state index contributed by atoms with van der Waals surface area (Å²) in [6.07, 6.45) is 6.19. The van der Waals surface area contributed by atoms with Crippen molar-refractivity contribution in [2.45, 2.75) is 6.54 Å². The molecule has 66 valence electrons. The van der Waals surface area contributed by atoms with Gasteiger partial charge < -0.3 is 4.57 Å². The van der Waals surface area contributed by atoms with Crippen molar-refractivity contribution in [1.29, 1.82) is 0 Å². The minimum atomic E-state index is 0.671. The number of aldehydes is 1. The minimum absolute atomic E-state index is 0.671. The van der Waals surface area contributed by atoms with Crippen LogP contribution >= 0.6 is 11.7 Å². The van der Waals surface area contributed by atoms with Crippen LogP contribution in [0, 0.1) is 0 Å². The summed E-state index contributed by atoms with van der Waals surface area (Å²) < 4.78 is 9.86. The van der Waals surface area contributed by atoms with Gasteiger partial charge in [-0.2, -0.15) is 8.75 Å². The first-order valence-electron chi connectivity index (χ1n) is 3.76. The third-order valence-electron chi connectivity index (χ3n) is 1.66. The highest BCUT2D eigenvalue weighted by atomic mass is 32.1. The Hall–Kier alpha value is -1.49. The highest BCUT2D eigenvalue weighted by Gasteiger charge is 1.98. The Bertz CT molecular complexity index is 393. The fourth-order valence-electron chi connectivity index (χ4n) is 1.07. The van der Waals surface area contributed by atoms with Gasteiger partial charge in [-0.25, -0.2) is 0 Å². The molecule has 13 heavy (non-hydrogen) atoms. The molecular weight excluding hydrogens is 186 g/mol. The summed E-state index contributed by atoms with van der Waals surface area (Å²) in [5, 5.41) is 0. The molecule has 0 saturated heterocycles. The smallest absolute Gasteiger partial charge is 0.151 e. The van der Waals surface area contributed by atoms with Crippen LogP contribution < -0.4 is 0 Å². The number of carbonyl (C=O) groups is 1. The summed E-state index contributed by atoms with van der Waals surface area (Å²) >= 11 is 1.19. The van der Waals surface area contributed by atoms with Crippen LogP contribution in [0.2, 0.25) is 0 Å². The molecule has 0 aliphatic heterocycles. The van der Waals surface area contributed by atoms with Gasteiger partial charge in [-0.05, 0) is 6.07 Å². The number of rotatable bonds is 3. The first-order valence-corrected chi connectivity index (χ1v) is 4.49. The molecule has 0 amide bonds. The van der Waals surface area contributed by atoms with Crippen LogP contribution in [0.1, 0.15) is 16.1 Å². The molecule has 0 saturated carbocycles. The number of nitrogens with zero attached hydrogens (tertiary/aromatic N) is 3. The predicted octanol–water partition coefficient (Wildman–Crippen LogP) is 1.20. The van der Waals surface area contributed by atoms with Crippen molar-refractivity contribution in [3.8, 4) is 0 Å². The lowest BCUT2D eigenvalue weighted by Gasteiger charge is -1.96. The van der Waals surface area contributed by atoms with E-state index in [1.54, 1.807) is 18.5 Å². The highest BCUT2D eigenvalue weighted by Crippen LogP contribution is 2.02. The number of hydrogen-bond acceptors (Lipinski definition) is 4. The van der Waals surface area contributed by atoms with Gasteiger partial charge >= 0.3 is 0 Å². The molecule has 2 rings (SSSR count). The van der Waals surface area contributed by atoms with Crippen LogP contribution in [-0.2, 0) is 6.54 Å². The van der Waals surface area contributed by atoms with E-state index in [9.17, 15) is 4.79 Å². The maximum atomic E-state index is 10.4. The summed E-state index contributed by atoms with van der Waals surface area (Å²) in [5.74, 6) is 0. The van der Waals surface area contributed by atoms with Crippen molar-refractivity contribution in [2.24, 2.45) is 0 Å². The predicted molar refractivity (Wildman–Crippen MR) is 48.8 cm³/mol. The molecule has 0 radical (unpaired) electrons. The number of aromatic nitrogens is 3. The molecule has 0 atom stereocenters. The molecule has 0 N–H and O–H groups in total. The lowest BCUT2D eigenvalue weighted by atomic mass is 10.4. The van der Waals surface area contributed by atoms with E-state index >= 15 is 0 Å². The second-order valence-electron chi connectivity index (χ2n) is 2.63. The van der Waals surface area contributed by atoms with Crippen LogP contribution in [0.25, 0.3) is 0 Å². The monoisotopic (exact) mass is 193 g/mol. The van der Waals surface area contributed by atoms with Gasteiger partial charge in [-0.15, -0.1) is 0 Å². The Morgan fingerprint density at radius 2 is 2.54 bits per heavy atom. The summed E-state index contributed by atoms with van der Waals surface area (Å²) in [6, 6.07) is 1.77. The van der Waals surface area contributed by atoms with Gasteiger partial charge in [0.1, 0.15) is 0 Å². The molecule has 0 fully saturated rings. The van der Waals surface area contributed by atoms with E-state index in [2.05, 4.69) is 8.75 Å². The minimum Gasteiger partial charge on any atom is -0.347 e. The fraction of sp³-hybridized carbons (Fsp3) is 0.125. The topological polar surface area (TPSA) is 47.8 Å². The van der Waals surface area contributed by atoms with E-state index < -0.39 is 0 Å². The van der Waals surface area contributed by atoms with Crippen molar-refractivity contribution in [1.82, 2.24) is 13.3 Å². The molecular formula is C8H7N3OS. The van der Waals surface area contributed by atoms with Gasteiger partial charge in [0.05, 0.1) is 30.2 Å². The van der Waals surface area contributed by atoms with Gasteiger partial charge in [0.2, 0.25) is 0 Å². The van der Waals surface area contributed by atoms with Crippen molar-refractivity contribution >= 4 is 18.0 Å². The molecule has 0 unspecified atom stereocenters. The second-order valence-corrected chi connectivity index (χ2v) is 3.19. The van der Waals surface area contributed by atoms with Gasteiger partial charge in [-0.3, -0.25) is 4.79 Å². The average molecular weight is 193 g/mol. The van der Waals surface area contributed by atoms with Crippen LogP contribution in [0.15, 0.2) is 24.7 Å². The van der Waals surface area contributed by atoms with E-state index in [1.807, 2.05) is 10.8 Å². The quantitative estimate of drug-likeness (QED) is 0.688. The zero-order chi connectivity index (χ0) is 9.10. The van der Waals surface area contributed by atoms with Crippen LogP contribution in [0.3, 0.4) is 0 Å². The first-order chi connectivity index (χ1) is 6.38. The molecule has 0 aliphatic carbocycles. The van der Waals surface area contributed by atoms with E-state index in [1.165, 1.54) is 11.7 Å². The molecule has 0 bridgehead atoms. The molecule has 2 aromatic rings. The van der Waals surface area contributed by atoms with Crippen molar-refractivity contribution in [3.63, 3.8) is 0 Å². The Kier molecular flexibility index (Phi) is 2.18. The molecule has 0 aromatic carbocycles. The maximum absolute atomic E-state index is 10.4. The second kappa shape index (κ2) is 3.49. The molecule has 0 aliphatic rings. The molecule has 5 heteroatoms. The highest BCUT2D eigenvalue weighted by molar-refractivity contribution is 6.99. The molecule has 2 heterocycles. The normalized spacial score (nSPS) is 10.2. The summed E-state index contributed by atoms with van der Waals surface area (Å²) in [6.45, 7) is 0.671. The average Bonchev–Trinajstić information content (AvgIpc) is 2.76. The maximum Gasteiger partial charge on any atom is 0.151 e. The Balaban J connectivity index is 2.14. The molecule has 0 spiro atoms. The van der Waals surface area contributed by atoms with E-state index in [0.29, 0.717) is 12.1 Å². The third kappa shape index (κ3) is 1.81. The van der Waals surface area contributed by atoms with Crippen LogP contribution in [0.5, 0.6) is 0 Å². The van der Waals surface area contributed by atoms with Gasteiger partial charge in [0, 0.05) is 18.0 Å². The summed E-state index contributed by atoms with van der Waals surface area (Å²) in [4.78, 5) is 10.4. The summed E-state index contributed by atoms with van der Waals surface area (Å²) in [5.41, 5.74) is 1.60. The Labute approximate surface area is 79.2 Å². The molecule has 2 aromatic heterocycles. The summed E-state index contributed by atoms with van der Waals surface area (Å²) in [7, 11) is 0. The zero-order valence-corrected chi connectivity index (χ0v) is 7.57. The van der Waals surface area contributed by atoms with Gasteiger partial charge in [0.25, 0.3) is 0 Å². The van der Waals surface area contributed by atoms with Gasteiger partial charge in [0.15, 0.2) is 6.29 Å². The van der Waals surface area contributed by atoms with Crippen LogP contribution in [0.4, 0.5) is 0 Å². The van der Waals surface area contributed by atoms with Gasteiger partial charge in [-0.1, -0.05) is 0 Å². The Morgan fingerprint density at radius 3 is 3.15 bits per heavy atom. The van der Waals surface area contributed by atoms with Crippen molar-refractivity contribution in [2.75, 3.05) is 0 Å². The largest absolute Gasteiger partial charge is 0.347 e. The first kappa shape index (κ1) is 8.12. The van der Waals surface area contributed by atoms with Crippen molar-refractivity contribution in [3.05, 3.63) is 35.9 Å². The van der Waals surface area contributed by atoms with Crippen molar-refractivity contribution < 1.29 is 4.79 Å². The Morgan fingerprint density at radius 1 is 1.62 bits per heavy atom. The standard InChI is InChI=1S/C8H7N3OS/c12-6-7-1-2-11(4-7)5-8-3-9-13-10-8/h1-4,6H,5H2. The lowest BCUT2D eigenvalue weighted by Crippen LogP contribution is -1.95. The molecule has 4 nitrogen and oxygen atoms in total. The SMILES string of the molecule is O=Cc1ccn(Cc2cnsn2)c1.